The maximum atomic E-state index is 11.9. The molecule has 0 atom stereocenters. The lowest BCUT2D eigenvalue weighted by Gasteiger charge is -2.12. The zero-order valence-electron chi connectivity index (χ0n) is 16.3. The molecule has 0 aliphatic heterocycles. The molecule has 2 rings (SSSR count). The highest BCUT2D eigenvalue weighted by Gasteiger charge is 2.09. The molecule has 0 saturated carbocycles. The van der Waals surface area contributed by atoms with Crippen LogP contribution in [0.5, 0.6) is 11.5 Å². The van der Waals surface area contributed by atoms with Crippen LogP contribution in [0.4, 0.5) is 0 Å². The number of nitrogens with one attached hydrogen (secondary N) is 3. The van der Waals surface area contributed by atoms with Crippen LogP contribution in [0.25, 0.3) is 0 Å². The minimum absolute atomic E-state index is 0.156. The highest BCUT2D eigenvalue weighted by molar-refractivity contribution is 5.94. The van der Waals surface area contributed by atoms with E-state index in [2.05, 4.69) is 16.2 Å². The average Bonchev–Trinajstić information content (AvgIpc) is 2.75. The van der Waals surface area contributed by atoms with Crippen LogP contribution in [-0.4, -0.2) is 37.5 Å². The topological polar surface area (TPSA) is 106 Å². The standard InChI is InChI=1S/C21H25N3O5/c1-2-28-17-11-6-7-12-18(17)29-15-20(26)24-23-19(25)13-8-14-22-21(27)16-9-4-3-5-10-16/h3-7,9-12H,2,8,13-15H2,1H3,(H,22,27)(H,23,25)(H,24,26). The van der Waals surface area contributed by atoms with Crippen molar-refractivity contribution >= 4 is 17.7 Å². The number of ether oxygens (including phenoxy) is 2. The number of amides is 3. The lowest BCUT2D eigenvalue weighted by atomic mass is 10.2. The minimum Gasteiger partial charge on any atom is -0.490 e. The van der Waals surface area contributed by atoms with Crippen LogP contribution in [0.1, 0.15) is 30.1 Å². The third kappa shape index (κ3) is 7.92. The van der Waals surface area contributed by atoms with Crippen molar-refractivity contribution in [2.75, 3.05) is 19.8 Å². The van der Waals surface area contributed by atoms with E-state index in [0.29, 0.717) is 36.6 Å². The SMILES string of the molecule is CCOc1ccccc1OCC(=O)NNC(=O)CCCNC(=O)c1ccccc1. The van der Waals surface area contributed by atoms with Gasteiger partial charge in [-0.15, -0.1) is 0 Å². The van der Waals surface area contributed by atoms with E-state index in [0.717, 1.165) is 0 Å². The van der Waals surface area contributed by atoms with E-state index in [1.54, 1.807) is 48.5 Å². The molecule has 0 unspecified atom stereocenters. The zero-order chi connectivity index (χ0) is 20.9. The van der Waals surface area contributed by atoms with Crippen LogP contribution < -0.4 is 25.6 Å². The molecule has 0 aromatic heterocycles. The van der Waals surface area contributed by atoms with E-state index in [4.69, 9.17) is 9.47 Å². The number of carbonyl (C=O) groups excluding carboxylic acids is 3. The Bertz CT molecular complexity index is 811. The summed E-state index contributed by atoms with van der Waals surface area (Å²) in [7, 11) is 0. The molecule has 8 heteroatoms. The van der Waals surface area contributed by atoms with Gasteiger partial charge in [-0.05, 0) is 37.6 Å². The molecule has 8 nitrogen and oxygen atoms in total. The van der Waals surface area contributed by atoms with Crippen molar-refractivity contribution in [3.63, 3.8) is 0 Å². The molecular weight excluding hydrogens is 374 g/mol. The Kier molecular flexibility index (Phi) is 9.01. The fourth-order valence-corrected chi connectivity index (χ4v) is 2.37. The molecule has 0 heterocycles. The number of benzene rings is 2. The number of hydrogen-bond donors (Lipinski definition) is 3. The maximum Gasteiger partial charge on any atom is 0.276 e. The summed E-state index contributed by atoms with van der Waals surface area (Å²) in [5.41, 5.74) is 5.17. The lowest BCUT2D eigenvalue weighted by molar-refractivity contribution is -0.130. The molecule has 0 saturated heterocycles. The molecular formula is C21H25N3O5. The van der Waals surface area contributed by atoms with Crippen LogP contribution in [0.3, 0.4) is 0 Å². The summed E-state index contributed by atoms with van der Waals surface area (Å²) in [4.78, 5) is 35.5. The lowest BCUT2D eigenvalue weighted by Crippen LogP contribution is -2.44. The van der Waals surface area contributed by atoms with Gasteiger partial charge in [0.1, 0.15) is 0 Å². The first-order valence-corrected chi connectivity index (χ1v) is 9.35. The molecule has 0 radical (unpaired) electrons. The largest absolute Gasteiger partial charge is 0.490 e. The van der Waals surface area contributed by atoms with E-state index >= 15 is 0 Å². The van der Waals surface area contributed by atoms with Gasteiger partial charge in [0.25, 0.3) is 11.8 Å². The Hall–Kier alpha value is -3.55. The monoisotopic (exact) mass is 399 g/mol. The fourth-order valence-electron chi connectivity index (χ4n) is 2.37. The number of hydrazine groups is 1. The van der Waals surface area contributed by atoms with E-state index < -0.39 is 5.91 Å². The van der Waals surface area contributed by atoms with Gasteiger partial charge in [0.2, 0.25) is 5.91 Å². The first-order chi connectivity index (χ1) is 14.1. The molecule has 0 bridgehead atoms. The Morgan fingerprint density at radius 1 is 0.828 bits per heavy atom. The molecule has 0 spiro atoms. The Morgan fingerprint density at radius 3 is 2.14 bits per heavy atom. The maximum absolute atomic E-state index is 11.9. The summed E-state index contributed by atoms with van der Waals surface area (Å²) in [5.74, 6) is -0.0535. The third-order valence-electron chi connectivity index (χ3n) is 3.75. The summed E-state index contributed by atoms with van der Waals surface area (Å²) in [6.45, 7) is 2.42. The second-order valence-corrected chi connectivity index (χ2v) is 5.99. The van der Waals surface area contributed by atoms with Crippen molar-refractivity contribution in [1.82, 2.24) is 16.2 Å². The van der Waals surface area contributed by atoms with Gasteiger partial charge in [0.15, 0.2) is 18.1 Å². The van der Waals surface area contributed by atoms with Crippen molar-refractivity contribution in [3.8, 4) is 11.5 Å². The molecule has 0 fully saturated rings. The van der Waals surface area contributed by atoms with Gasteiger partial charge < -0.3 is 14.8 Å². The summed E-state index contributed by atoms with van der Waals surface area (Å²) >= 11 is 0. The van der Waals surface area contributed by atoms with Gasteiger partial charge in [0.05, 0.1) is 6.61 Å². The molecule has 154 valence electrons. The number of hydrogen-bond acceptors (Lipinski definition) is 5. The van der Waals surface area contributed by atoms with E-state index in [-0.39, 0.29) is 24.8 Å². The van der Waals surface area contributed by atoms with Crippen molar-refractivity contribution in [2.45, 2.75) is 19.8 Å². The first kappa shape index (κ1) is 21.7. The van der Waals surface area contributed by atoms with Crippen molar-refractivity contribution in [1.29, 1.82) is 0 Å². The van der Waals surface area contributed by atoms with Gasteiger partial charge in [-0.1, -0.05) is 30.3 Å². The summed E-state index contributed by atoms with van der Waals surface area (Å²) in [6, 6.07) is 15.8. The predicted molar refractivity (Wildman–Crippen MR) is 107 cm³/mol. The Morgan fingerprint density at radius 2 is 1.45 bits per heavy atom. The second kappa shape index (κ2) is 12.0. The summed E-state index contributed by atoms with van der Waals surface area (Å²) in [6.07, 6.45) is 0.599. The molecule has 29 heavy (non-hydrogen) atoms. The van der Waals surface area contributed by atoms with E-state index in [1.165, 1.54) is 0 Å². The molecule has 3 N–H and O–H groups in total. The van der Waals surface area contributed by atoms with Crippen LogP contribution in [0.15, 0.2) is 54.6 Å². The van der Waals surface area contributed by atoms with Gasteiger partial charge >= 0.3 is 0 Å². The summed E-state index contributed by atoms with van der Waals surface area (Å²) < 4.78 is 10.8. The quantitative estimate of drug-likeness (QED) is 0.417. The minimum atomic E-state index is -0.498. The van der Waals surface area contributed by atoms with Crippen molar-refractivity contribution in [2.24, 2.45) is 0 Å². The van der Waals surface area contributed by atoms with Crippen LogP contribution in [-0.2, 0) is 9.59 Å². The highest BCUT2D eigenvalue weighted by atomic mass is 16.5. The third-order valence-corrected chi connectivity index (χ3v) is 3.75. The van der Waals surface area contributed by atoms with E-state index in [9.17, 15) is 14.4 Å². The average molecular weight is 399 g/mol. The Balaban J connectivity index is 1.60. The molecule has 2 aromatic rings. The molecule has 0 aliphatic rings. The predicted octanol–water partition coefficient (Wildman–Crippen LogP) is 1.82. The van der Waals surface area contributed by atoms with Crippen LogP contribution in [0.2, 0.25) is 0 Å². The fraction of sp³-hybridized carbons (Fsp3) is 0.286. The van der Waals surface area contributed by atoms with Gasteiger partial charge in [0, 0.05) is 18.5 Å². The normalized spacial score (nSPS) is 9.97. The zero-order valence-corrected chi connectivity index (χ0v) is 16.3. The van der Waals surface area contributed by atoms with E-state index in [1.807, 2.05) is 13.0 Å². The Labute approximate surface area is 169 Å². The molecule has 3 amide bonds. The van der Waals surface area contributed by atoms with Crippen molar-refractivity contribution in [3.05, 3.63) is 60.2 Å². The first-order valence-electron chi connectivity index (χ1n) is 9.35. The van der Waals surface area contributed by atoms with Crippen LogP contribution in [0, 0.1) is 0 Å². The number of carbonyl (C=O) groups is 3. The van der Waals surface area contributed by atoms with Crippen LogP contribution >= 0.6 is 0 Å². The number of rotatable bonds is 10. The second-order valence-electron chi connectivity index (χ2n) is 5.99. The highest BCUT2D eigenvalue weighted by Crippen LogP contribution is 2.26. The number of para-hydroxylation sites is 2. The van der Waals surface area contributed by atoms with Gasteiger partial charge in [-0.3, -0.25) is 25.2 Å². The van der Waals surface area contributed by atoms with Gasteiger partial charge in [-0.2, -0.15) is 0 Å². The van der Waals surface area contributed by atoms with Crippen molar-refractivity contribution < 1.29 is 23.9 Å². The molecule has 0 aliphatic carbocycles. The smallest absolute Gasteiger partial charge is 0.276 e. The summed E-state index contributed by atoms with van der Waals surface area (Å²) in [5, 5.41) is 2.74. The van der Waals surface area contributed by atoms with Gasteiger partial charge in [-0.25, -0.2) is 0 Å². The molecule has 2 aromatic carbocycles.